The molecule has 2 radical (unpaired) electrons. The van der Waals surface area contributed by atoms with Gasteiger partial charge < -0.3 is 9.88 Å². The second-order valence-corrected chi connectivity index (χ2v) is 4.54. The highest BCUT2D eigenvalue weighted by Gasteiger charge is 2.17. The van der Waals surface area contributed by atoms with Crippen molar-refractivity contribution in [1.82, 2.24) is 14.9 Å². The van der Waals surface area contributed by atoms with E-state index in [0.29, 0.717) is 16.0 Å². The molecule has 0 aliphatic carbocycles. The van der Waals surface area contributed by atoms with Crippen LogP contribution in [-0.4, -0.2) is 23.3 Å². The van der Waals surface area contributed by atoms with Gasteiger partial charge in [0.15, 0.2) is 7.85 Å². The van der Waals surface area contributed by atoms with Gasteiger partial charge in [0.1, 0.15) is 10.3 Å². The van der Waals surface area contributed by atoms with Crippen LogP contribution in [0.2, 0.25) is 0 Å². The largest absolute Gasteiger partial charge is 0.335 e. The van der Waals surface area contributed by atoms with Gasteiger partial charge >= 0.3 is 0 Å². The van der Waals surface area contributed by atoms with Crippen LogP contribution >= 0.6 is 15.9 Å². The minimum Gasteiger partial charge on any atom is -0.335 e. The molecule has 0 spiro atoms. The summed E-state index contributed by atoms with van der Waals surface area (Å²) in [7, 11) is 7.33. The maximum atomic E-state index is 12.2. The number of nitrogens with zero attached hydrogens (tertiary/aromatic N) is 2. The number of aromatic nitrogens is 2. The van der Waals surface area contributed by atoms with E-state index in [4.69, 9.17) is 7.85 Å². The molecule has 1 aromatic heterocycles. The zero-order valence-electron chi connectivity index (χ0n) is 11.0. The van der Waals surface area contributed by atoms with Gasteiger partial charge in [-0.3, -0.25) is 4.79 Å². The second kappa shape index (κ2) is 7.14. The fraction of sp³-hybridized carbons (Fsp3) is 0.231. The van der Waals surface area contributed by atoms with Crippen LogP contribution in [0.1, 0.15) is 23.8 Å². The summed E-state index contributed by atoms with van der Waals surface area (Å²) in [6.07, 6.45) is 7.90. The van der Waals surface area contributed by atoms with Gasteiger partial charge in [-0.25, -0.2) is 4.98 Å². The van der Waals surface area contributed by atoms with E-state index in [2.05, 4.69) is 32.8 Å². The van der Waals surface area contributed by atoms with Crippen molar-refractivity contribution in [3.63, 3.8) is 0 Å². The van der Waals surface area contributed by atoms with Crippen molar-refractivity contribution in [2.75, 3.05) is 0 Å². The summed E-state index contributed by atoms with van der Waals surface area (Å²) in [5, 5.41) is 2.81. The van der Waals surface area contributed by atoms with Crippen LogP contribution in [0, 0.1) is 0 Å². The Morgan fingerprint density at radius 3 is 2.79 bits per heavy atom. The zero-order chi connectivity index (χ0) is 14.4. The number of hydrogen-bond donors (Lipinski definition) is 1. The maximum Gasteiger partial charge on any atom is 0.275 e. The van der Waals surface area contributed by atoms with Crippen LogP contribution in [0.5, 0.6) is 0 Å². The SMILES string of the molecule is [B]c1nc(Br)c(C(=O)NC(/C=C\C=C)=C/CC)n1C. The summed E-state index contributed by atoms with van der Waals surface area (Å²) in [4.78, 5) is 16.2. The molecule has 0 bridgehead atoms. The third-order valence-electron chi connectivity index (χ3n) is 2.40. The molecule has 0 saturated heterocycles. The molecule has 0 unspecified atom stereocenters. The van der Waals surface area contributed by atoms with Crippen LogP contribution in [0.25, 0.3) is 0 Å². The summed E-state index contributed by atoms with van der Waals surface area (Å²) in [6, 6.07) is 0. The first-order chi connectivity index (χ1) is 9.01. The van der Waals surface area contributed by atoms with Crippen LogP contribution in [0.15, 0.2) is 41.2 Å². The predicted molar refractivity (Wildman–Crippen MR) is 81.5 cm³/mol. The highest BCUT2D eigenvalue weighted by Crippen LogP contribution is 2.12. The van der Waals surface area contributed by atoms with Crippen molar-refractivity contribution in [2.24, 2.45) is 7.05 Å². The average molecular weight is 320 g/mol. The molecule has 1 rings (SSSR count). The van der Waals surface area contributed by atoms with E-state index in [1.807, 2.05) is 13.0 Å². The first kappa shape index (κ1) is 15.5. The number of allylic oxidation sites excluding steroid dienone is 4. The highest BCUT2D eigenvalue weighted by molar-refractivity contribution is 9.10. The summed E-state index contributed by atoms with van der Waals surface area (Å²) >= 11 is 3.22. The number of imidazole rings is 1. The number of halogens is 1. The summed E-state index contributed by atoms with van der Waals surface area (Å²) in [5.41, 5.74) is 1.37. The number of rotatable bonds is 5. The topological polar surface area (TPSA) is 46.9 Å². The number of carbonyl (C=O) groups is 1. The van der Waals surface area contributed by atoms with Crippen LogP contribution in [-0.2, 0) is 7.05 Å². The van der Waals surface area contributed by atoms with E-state index in [1.54, 1.807) is 25.3 Å². The monoisotopic (exact) mass is 319 g/mol. The second-order valence-electron chi connectivity index (χ2n) is 3.79. The molecule has 1 heterocycles. The van der Waals surface area contributed by atoms with Crippen molar-refractivity contribution < 1.29 is 4.79 Å². The minimum atomic E-state index is -0.271. The maximum absolute atomic E-state index is 12.2. The Labute approximate surface area is 122 Å². The van der Waals surface area contributed by atoms with Gasteiger partial charge in [0.25, 0.3) is 5.91 Å². The molecule has 0 aliphatic rings. The molecule has 0 atom stereocenters. The molecule has 1 aromatic rings. The third-order valence-corrected chi connectivity index (χ3v) is 2.95. The summed E-state index contributed by atoms with van der Waals surface area (Å²) < 4.78 is 1.95. The number of nitrogens with one attached hydrogen (secondary N) is 1. The van der Waals surface area contributed by atoms with Gasteiger partial charge in [-0.15, -0.1) is 0 Å². The first-order valence-electron chi connectivity index (χ1n) is 5.79. The molecule has 0 saturated carbocycles. The standard InChI is InChI=1S/C13H15BBrN3O/c1-4-6-8-9(7-5-2)16-12(19)10-11(15)17-13(14)18(10)3/h4,6-8H,1,5H2,2-3H3,(H,16,19)/b8-6-,9-7+. The predicted octanol–water partition coefficient (Wildman–Crippen LogP) is 1.74. The molecule has 0 fully saturated rings. The average Bonchev–Trinajstić information content (AvgIpc) is 2.60. The molecule has 1 amide bonds. The van der Waals surface area contributed by atoms with Gasteiger partial charge in [-0.1, -0.05) is 31.7 Å². The Hall–Kier alpha value is -1.56. The summed E-state index contributed by atoms with van der Waals surface area (Å²) in [6.45, 7) is 5.59. The number of hydrogen-bond acceptors (Lipinski definition) is 2. The lowest BCUT2D eigenvalue weighted by Crippen LogP contribution is -2.27. The Bertz CT molecular complexity index is 546. The van der Waals surface area contributed by atoms with Crippen LogP contribution in [0.4, 0.5) is 0 Å². The Morgan fingerprint density at radius 2 is 2.32 bits per heavy atom. The lowest BCUT2D eigenvalue weighted by Gasteiger charge is -2.07. The smallest absolute Gasteiger partial charge is 0.275 e. The molecule has 0 aliphatic heterocycles. The normalized spacial score (nSPS) is 11.8. The molecule has 1 N–H and O–H groups in total. The van der Waals surface area contributed by atoms with Crippen LogP contribution in [0.3, 0.4) is 0 Å². The number of amides is 1. The van der Waals surface area contributed by atoms with Gasteiger partial charge in [0, 0.05) is 12.7 Å². The van der Waals surface area contributed by atoms with E-state index in [-0.39, 0.29) is 11.6 Å². The van der Waals surface area contributed by atoms with Gasteiger partial charge in [0.05, 0.1) is 5.72 Å². The summed E-state index contributed by atoms with van der Waals surface area (Å²) in [5.74, 6) is -0.271. The Morgan fingerprint density at radius 1 is 1.63 bits per heavy atom. The fourth-order valence-electron chi connectivity index (χ4n) is 1.47. The first-order valence-corrected chi connectivity index (χ1v) is 6.58. The lowest BCUT2D eigenvalue weighted by atomic mass is 10.1. The van der Waals surface area contributed by atoms with E-state index in [0.717, 1.165) is 6.42 Å². The van der Waals surface area contributed by atoms with E-state index >= 15 is 0 Å². The highest BCUT2D eigenvalue weighted by atomic mass is 79.9. The molecule has 6 heteroatoms. The van der Waals surface area contributed by atoms with Crippen molar-refractivity contribution in [1.29, 1.82) is 0 Å². The molecular weight excluding hydrogens is 305 g/mol. The van der Waals surface area contributed by atoms with E-state index in [9.17, 15) is 4.79 Å². The van der Waals surface area contributed by atoms with Crippen molar-refractivity contribution in [2.45, 2.75) is 13.3 Å². The Balaban J connectivity index is 2.97. The van der Waals surface area contributed by atoms with E-state index in [1.165, 1.54) is 4.57 Å². The molecular formula is C13H15BBrN3O. The third kappa shape index (κ3) is 3.96. The Kier molecular flexibility index (Phi) is 5.82. The molecule has 4 nitrogen and oxygen atoms in total. The lowest BCUT2D eigenvalue weighted by molar-refractivity contribution is 0.0958. The van der Waals surface area contributed by atoms with Gasteiger partial charge in [0.2, 0.25) is 0 Å². The van der Waals surface area contributed by atoms with Crippen molar-refractivity contribution in [3.8, 4) is 0 Å². The van der Waals surface area contributed by atoms with Crippen LogP contribution < -0.4 is 11.0 Å². The number of carbonyl (C=O) groups excluding carboxylic acids is 1. The van der Waals surface area contributed by atoms with Gasteiger partial charge in [-0.2, -0.15) is 0 Å². The fourth-order valence-corrected chi connectivity index (χ4v) is 2.10. The van der Waals surface area contributed by atoms with Crippen molar-refractivity contribution in [3.05, 3.63) is 46.9 Å². The molecule has 98 valence electrons. The minimum absolute atomic E-state index is 0.271. The quantitative estimate of drug-likeness (QED) is 0.664. The van der Waals surface area contributed by atoms with Crippen molar-refractivity contribution >= 4 is 35.4 Å². The van der Waals surface area contributed by atoms with E-state index < -0.39 is 0 Å². The van der Waals surface area contributed by atoms with Gasteiger partial charge in [-0.05, 0) is 28.4 Å². The molecule has 19 heavy (non-hydrogen) atoms. The zero-order valence-corrected chi connectivity index (χ0v) is 12.6. The molecule has 0 aromatic carbocycles.